The van der Waals surface area contributed by atoms with Crippen molar-refractivity contribution in [3.8, 4) is 0 Å². The predicted octanol–water partition coefficient (Wildman–Crippen LogP) is 3.46. The number of nitrogens with zero attached hydrogens (tertiary/aromatic N) is 1. The van der Waals surface area contributed by atoms with Crippen LogP contribution in [0.3, 0.4) is 0 Å². The molecule has 1 fully saturated rings. The highest BCUT2D eigenvalue weighted by Gasteiger charge is 2.41. The topological polar surface area (TPSA) is 20.3 Å². The van der Waals surface area contributed by atoms with Crippen LogP contribution in [0.25, 0.3) is 0 Å². The first-order valence-corrected chi connectivity index (χ1v) is 6.30. The second kappa shape index (κ2) is 6.86. The van der Waals surface area contributed by atoms with Gasteiger partial charge >= 0.3 is 0 Å². The summed E-state index contributed by atoms with van der Waals surface area (Å²) < 4.78 is 0. The van der Waals surface area contributed by atoms with Gasteiger partial charge in [0.1, 0.15) is 0 Å². The van der Waals surface area contributed by atoms with Gasteiger partial charge < -0.3 is 4.90 Å². The molecule has 0 unspecified atom stereocenters. The standard InChI is InChI=1S/C10H19NO.C3H8/c1-4-6-10(5-2)7-11(8-10)9(3)12;1-3-2/h4-8H2,1-3H3;3H2,1-2H3. The molecule has 2 nitrogen and oxygen atoms in total. The van der Waals surface area contributed by atoms with Gasteiger partial charge in [-0.1, -0.05) is 40.5 Å². The molecule has 0 atom stereocenters. The minimum Gasteiger partial charge on any atom is -0.342 e. The van der Waals surface area contributed by atoms with Gasteiger partial charge in [-0.2, -0.15) is 0 Å². The third kappa shape index (κ3) is 4.23. The Labute approximate surface area is 95.0 Å². The Balaban J connectivity index is 0.000000583. The van der Waals surface area contributed by atoms with E-state index in [4.69, 9.17) is 0 Å². The lowest BCUT2D eigenvalue weighted by Crippen LogP contribution is -2.57. The zero-order valence-corrected chi connectivity index (χ0v) is 11.1. The van der Waals surface area contributed by atoms with Crippen LogP contribution < -0.4 is 0 Å². The van der Waals surface area contributed by atoms with Crippen molar-refractivity contribution in [1.29, 1.82) is 0 Å². The highest BCUT2D eigenvalue weighted by molar-refractivity contribution is 5.74. The first-order chi connectivity index (χ1) is 7.05. The van der Waals surface area contributed by atoms with Gasteiger partial charge in [-0.15, -0.1) is 0 Å². The second-order valence-electron chi connectivity index (χ2n) is 4.69. The Morgan fingerprint density at radius 2 is 1.67 bits per heavy atom. The molecule has 1 amide bonds. The van der Waals surface area contributed by atoms with Gasteiger partial charge in [0.2, 0.25) is 5.91 Å². The molecule has 0 aromatic heterocycles. The van der Waals surface area contributed by atoms with Crippen LogP contribution in [0.15, 0.2) is 0 Å². The monoisotopic (exact) mass is 213 g/mol. The number of hydrogen-bond donors (Lipinski definition) is 0. The molecule has 1 aliphatic heterocycles. The van der Waals surface area contributed by atoms with E-state index in [0.29, 0.717) is 5.41 Å². The molecule has 1 saturated heterocycles. The molecule has 0 aliphatic carbocycles. The van der Waals surface area contributed by atoms with Gasteiger partial charge in [0.15, 0.2) is 0 Å². The number of amides is 1. The molecule has 90 valence electrons. The Kier molecular flexibility index (Phi) is 6.62. The summed E-state index contributed by atoms with van der Waals surface area (Å²) >= 11 is 0. The first kappa shape index (κ1) is 14.5. The van der Waals surface area contributed by atoms with E-state index in [1.54, 1.807) is 6.92 Å². The molecule has 2 heteroatoms. The van der Waals surface area contributed by atoms with E-state index in [1.165, 1.54) is 25.7 Å². The third-order valence-corrected chi connectivity index (χ3v) is 3.03. The van der Waals surface area contributed by atoms with Crippen LogP contribution in [0.1, 0.15) is 60.3 Å². The van der Waals surface area contributed by atoms with E-state index in [-0.39, 0.29) is 5.91 Å². The van der Waals surface area contributed by atoms with Crippen molar-refractivity contribution >= 4 is 5.91 Å². The van der Waals surface area contributed by atoms with E-state index >= 15 is 0 Å². The van der Waals surface area contributed by atoms with Crippen LogP contribution in [0.4, 0.5) is 0 Å². The summed E-state index contributed by atoms with van der Waals surface area (Å²) in [5, 5.41) is 0. The van der Waals surface area contributed by atoms with Crippen molar-refractivity contribution in [3.63, 3.8) is 0 Å². The van der Waals surface area contributed by atoms with Crippen LogP contribution in [-0.2, 0) is 4.79 Å². The van der Waals surface area contributed by atoms with Crippen LogP contribution in [0, 0.1) is 5.41 Å². The summed E-state index contributed by atoms with van der Waals surface area (Å²) in [4.78, 5) is 12.9. The summed E-state index contributed by atoms with van der Waals surface area (Å²) in [7, 11) is 0. The van der Waals surface area contributed by atoms with Crippen molar-refractivity contribution in [3.05, 3.63) is 0 Å². The van der Waals surface area contributed by atoms with Gasteiger partial charge in [-0.05, 0) is 12.8 Å². The Hall–Kier alpha value is -0.530. The largest absolute Gasteiger partial charge is 0.342 e. The molecule has 15 heavy (non-hydrogen) atoms. The summed E-state index contributed by atoms with van der Waals surface area (Å²) in [5.74, 6) is 0.232. The quantitative estimate of drug-likeness (QED) is 0.703. The molecular formula is C13H27NO. The Morgan fingerprint density at radius 3 is 1.93 bits per heavy atom. The van der Waals surface area contributed by atoms with Gasteiger partial charge in [0.05, 0.1) is 0 Å². The van der Waals surface area contributed by atoms with Crippen LogP contribution in [0.5, 0.6) is 0 Å². The molecular weight excluding hydrogens is 186 g/mol. The van der Waals surface area contributed by atoms with Gasteiger partial charge in [-0.25, -0.2) is 0 Å². The molecule has 0 N–H and O–H groups in total. The average molecular weight is 213 g/mol. The summed E-state index contributed by atoms with van der Waals surface area (Å²) in [5.41, 5.74) is 0.473. The third-order valence-electron chi connectivity index (χ3n) is 3.03. The molecule has 1 rings (SSSR count). The molecule has 1 aliphatic rings. The number of carbonyl (C=O) groups is 1. The lowest BCUT2D eigenvalue weighted by molar-refractivity contribution is -0.141. The van der Waals surface area contributed by atoms with Crippen molar-refractivity contribution < 1.29 is 4.79 Å². The fourth-order valence-electron chi connectivity index (χ4n) is 2.07. The zero-order valence-electron chi connectivity index (χ0n) is 11.1. The SMILES string of the molecule is CCC.CCCC1(CC)CN(C(C)=O)C1. The van der Waals surface area contributed by atoms with Gasteiger partial charge in [0, 0.05) is 25.4 Å². The van der Waals surface area contributed by atoms with Crippen molar-refractivity contribution in [2.75, 3.05) is 13.1 Å². The normalized spacial score (nSPS) is 17.5. The Morgan fingerprint density at radius 1 is 1.20 bits per heavy atom. The molecule has 0 aromatic rings. The van der Waals surface area contributed by atoms with Crippen LogP contribution >= 0.6 is 0 Å². The minimum atomic E-state index is 0.232. The van der Waals surface area contributed by atoms with Crippen LogP contribution in [0.2, 0.25) is 0 Å². The molecule has 1 heterocycles. The van der Waals surface area contributed by atoms with Crippen molar-refractivity contribution in [1.82, 2.24) is 4.90 Å². The highest BCUT2D eigenvalue weighted by atomic mass is 16.2. The minimum absolute atomic E-state index is 0.232. The number of carbonyl (C=O) groups excluding carboxylic acids is 1. The van der Waals surface area contributed by atoms with E-state index in [0.717, 1.165) is 13.1 Å². The van der Waals surface area contributed by atoms with Gasteiger partial charge in [-0.3, -0.25) is 4.79 Å². The van der Waals surface area contributed by atoms with E-state index in [2.05, 4.69) is 27.7 Å². The Bertz CT molecular complexity index is 183. The fourth-order valence-corrected chi connectivity index (χ4v) is 2.07. The lowest BCUT2D eigenvalue weighted by atomic mass is 9.74. The van der Waals surface area contributed by atoms with Crippen LogP contribution in [-0.4, -0.2) is 23.9 Å². The molecule has 0 spiro atoms. The fraction of sp³-hybridized carbons (Fsp3) is 0.923. The first-order valence-electron chi connectivity index (χ1n) is 6.30. The van der Waals surface area contributed by atoms with E-state index in [9.17, 15) is 4.79 Å². The maximum absolute atomic E-state index is 11.0. The molecule has 0 bridgehead atoms. The molecule has 0 aromatic carbocycles. The zero-order chi connectivity index (χ0) is 11.9. The summed E-state index contributed by atoms with van der Waals surface area (Å²) in [6, 6.07) is 0. The molecule has 0 radical (unpaired) electrons. The maximum atomic E-state index is 11.0. The van der Waals surface area contributed by atoms with E-state index < -0.39 is 0 Å². The smallest absolute Gasteiger partial charge is 0.219 e. The second-order valence-corrected chi connectivity index (χ2v) is 4.69. The summed E-state index contributed by atoms with van der Waals surface area (Å²) in [6.45, 7) is 12.3. The lowest BCUT2D eigenvalue weighted by Gasteiger charge is -2.50. The number of rotatable bonds is 3. The summed E-state index contributed by atoms with van der Waals surface area (Å²) in [6.07, 6.45) is 4.97. The average Bonchev–Trinajstić information content (AvgIpc) is 2.11. The van der Waals surface area contributed by atoms with Crippen molar-refractivity contribution in [2.45, 2.75) is 60.3 Å². The number of likely N-dealkylation sites (tertiary alicyclic amines) is 1. The predicted molar refractivity (Wildman–Crippen MR) is 65.9 cm³/mol. The van der Waals surface area contributed by atoms with Gasteiger partial charge in [0.25, 0.3) is 0 Å². The van der Waals surface area contributed by atoms with E-state index in [1.807, 2.05) is 4.90 Å². The molecule has 0 saturated carbocycles. The number of hydrogen-bond acceptors (Lipinski definition) is 1. The maximum Gasteiger partial charge on any atom is 0.219 e. The highest BCUT2D eigenvalue weighted by Crippen LogP contribution is 2.38. The van der Waals surface area contributed by atoms with Crippen molar-refractivity contribution in [2.24, 2.45) is 5.41 Å².